The lowest BCUT2D eigenvalue weighted by atomic mass is 10.5. The molecule has 0 rings (SSSR count). The highest BCUT2D eigenvalue weighted by Gasteiger charge is 2.10. The lowest BCUT2D eigenvalue weighted by molar-refractivity contribution is 0.185. The highest BCUT2D eigenvalue weighted by atomic mass is 79.9. The number of halogens is 1. The average molecular weight is 233 g/mol. The molecule has 0 aliphatic carbocycles. The molecule has 62 valence electrons. The Labute approximate surface area is 67.9 Å². The quantitative estimate of drug-likeness (QED) is 0.421. The molecule has 0 fully saturated rings. The molecule has 0 spiro atoms. The van der Waals surface area contributed by atoms with Crippen LogP contribution in [0.1, 0.15) is 6.42 Å². The van der Waals surface area contributed by atoms with Crippen molar-refractivity contribution >= 4 is 23.5 Å². The van der Waals surface area contributed by atoms with Crippen molar-refractivity contribution in [3.8, 4) is 0 Å². The second-order valence-electron chi connectivity index (χ2n) is 1.76. The lowest BCUT2D eigenvalue weighted by Crippen LogP contribution is -1.96. The molecule has 0 atom stereocenters. The van der Waals surface area contributed by atoms with Gasteiger partial charge in [0.1, 0.15) is 5.52 Å². The molecule has 0 unspecified atom stereocenters. The Morgan fingerprint density at radius 3 is 2.50 bits per heavy atom. The van der Waals surface area contributed by atoms with Crippen LogP contribution in [0.5, 0.6) is 0 Å². The highest BCUT2D eigenvalue weighted by Crippen LogP contribution is 2.34. The number of ether oxygens (including phenoxy) is 1. The van der Waals surface area contributed by atoms with E-state index in [0.29, 0.717) is 18.5 Å². The van der Waals surface area contributed by atoms with Crippen molar-refractivity contribution in [1.29, 1.82) is 0 Å². The van der Waals surface area contributed by atoms with Gasteiger partial charge in [0.25, 0.3) is 0 Å². The Morgan fingerprint density at radius 1 is 1.50 bits per heavy atom. The summed E-state index contributed by atoms with van der Waals surface area (Å²) in [4.78, 5) is 16.7. The first kappa shape index (κ1) is 10.6. The van der Waals surface area contributed by atoms with Crippen LogP contribution in [-0.2, 0) is 9.30 Å². The normalized spacial score (nSPS) is 11.9. The highest BCUT2D eigenvalue weighted by molar-refractivity contribution is 9.09. The molecule has 6 heteroatoms. The van der Waals surface area contributed by atoms with Crippen LogP contribution in [0.3, 0.4) is 0 Å². The Hall–Kier alpha value is 0.590. The number of hydrogen-bond donors (Lipinski definition) is 2. The minimum absolute atomic E-state index is 0.0972. The molecule has 0 saturated heterocycles. The molecule has 0 aliphatic rings. The van der Waals surface area contributed by atoms with Crippen LogP contribution in [-0.4, -0.2) is 28.1 Å². The summed E-state index contributed by atoms with van der Waals surface area (Å²) in [7, 11) is -3.80. The van der Waals surface area contributed by atoms with E-state index in [0.717, 1.165) is 0 Å². The van der Waals surface area contributed by atoms with Crippen molar-refractivity contribution in [2.45, 2.75) is 6.42 Å². The summed E-state index contributed by atoms with van der Waals surface area (Å²) >= 11 is 3.01. The largest absolute Gasteiger partial charge is 0.370 e. The van der Waals surface area contributed by atoms with Gasteiger partial charge in [0.05, 0.1) is 6.16 Å². The molecule has 4 nitrogen and oxygen atoms in total. The third-order valence-electron chi connectivity index (χ3n) is 0.815. The molecule has 0 bridgehead atoms. The van der Waals surface area contributed by atoms with Crippen LogP contribution in [0.4, 0.5) is 0 Å². The zero-order chi connectivity index (χ0) is 8.04. The maximum atomic E-state index is 10.2. The summed E-state index contributed by atoms with van der Waals surface area (Å²) in [5, 5.41) is 0. The van der Waals surface area contributed by atoms with Crippen LogP contribution in [0.2, 0.25) is 0 Å². The Bertz CT molecular complexity index is 122. The molecule has 0 aromatic rings. The van der Waals surface area contributed by atoms with E-state index >= 15 is 0 Å². The van der Waals surface area contributed by atoms with Crippen molar-refractivity contribution in [2.75, 3.05) is 18.3 Å². The average Bonchev–Trinajstić information content (AvgIpc) is 1.78. The summed E-state index contributed by atoms with van der Waals surface area (Å²) in [5.74, 6) is 0. The van der Waals surface area contributed by atoms with E-state index in [1.54, 1.807) is 0 Å². The molecule has 0 aromatic carbocycles. The van der Waals surface area contributed by atoms with Crippen molar-refractivity contribution in [3.05, 3.63) is 0 Å². The number of alkyl halides is 1. The number of rotatable bonds is 5. The van der Waals surface area contributed by atoms with Crippen LogP contribution in [0.15, 0.2) is 0 Å². The summed E-state index contributed by atoms with van der Waals surface area (Å²) < 4.78 is 15.0. The number of hydrogen-bond acceptors (Lipinski definition) is 2. The fourth-order valence-corrected chi connectivity index (χ4v) is 1.20. The van der Waals surface area contributed by atoms with Crippen LogP contribution in [0.25, 0.3) is 0 Å². The van der Waals surface area contributed by atoms with E-state index in [9.17, 15) is 4.57 Å². The Kier molecular flexibility index (Phi) is 5.58. The molecule has 0 amide bonds. The fraction of sp³-hybridized carbons (Fsp3) is 1.00. The Morgan fingerprint density at radius 2 is 2.10 bits per heavy atom. The molecule has 0 aliphatic heterocycles. The van der Waals surface area contributed by atoms with E-state index < -0.39 is 7.60 Å². The first-order chi connectivity index (χ1) is 4.56. The molecule has 0 heterocycles. The second-order valence-corrected chi connectivity index (χ2v) is 3.99. The van der Waals surface area contributed by atoms with Gasteiger partial charge in [0.2, 0.25) is 0 Å². The van der Waals surface area contributed by atoms with E-state index in [1.807, 2.05) is 0 Å². The fourth-order valence-electron chi connectivity index (χ4n) is 0.427. The molecule has 10 heavy (non-hydrogen) atoms. The van der Waals surface area contributed by atoms with Crippen molar-refractivity contribution in [2.24, 2.45) is 0 Å². The predicted molar refractivity (Wildman–Crippen MR) is 41.3 cm³/mol. The third-order valence-corrected chi connectivity index (χ3v) is 2.04. The van der Waals surface area contributed by atoms with Crippen molar-refractivity contribution in [1.82, 2.24) is 0 Å². The van der Waals surface area contributed by atoms with Crippen molar-refractivity contribution in [3.63, 3.8) is 0 Å². The SMILES string of the molecule is O=P(O)(O)CCCOCBr. The van der Waals surface area contributed by atoms with Crippen LogP contribution < -0.4 is 0 Å². The van der Waals surface area contributed by atoms with Gasteiger partial charge in [-0.15, -0.1) is 0 Å². The summed E-state index contributed by atoms with van der Waals surface area (Å²) in [6, 6.07) is 0. The standard InChI is InChI=1S/C4H10BrO4P/c5-4-9-2-1-3-10(6,7)8/h1-4H2,(H2,6,7,8). The predicted octanol–water partition coefficient (Wildman–Crippen LogP) is 0.923. The maximum absolute atomic E-state index is 10.2. The monoisotopic (exact) mass is 232 g/mol. The summed E-state index contributed by atoms with van der Waals surface area (Å²) in [6.45, 7) is 0.385. The van der Waals surface area contributed by atoms with E-state index in [2.05, 4.69) is 15.9 Å². The van der Waals surface area contributed by atoms with Gasteiger partial charge < -0.3 is 14.5 Å². The summed E-state index contributed by atoms with van der Waals surface area (Å²) in [6.07, 6.45) is 0.301. The smallest absolute Gasteiger partial charge is 0.325 e. The molecular formula is C4H10BrO4P. The molecule has 0 saturated carbocycles. The van der Waals surface area contributed by atoms with Gasteiger partial charge in [-0.3, -0.25) is 4.57 Å². The van der Waals surface area contributed by atoms with E-state index in [1.165, 1.54) is 0 Å². The lowest BCUT2D eigenvalue weighted by Gasteiger charge is -2.02. The second kappa shape index (κ2) is 5.27. The van der Waals surface area contributed by atoms with Gasteiger partial charge in [-0.25, -0.2) is 0 Å². The minimum Gasteiger partial charge on any atom is -0.370 e. The van der Waals surface area contributed by atoms with Crippen LogP contribution in [0, 0.1) is 0 Å². The van der Waals surface area contributed by atoms with Gasteiger partial charge in [0, 0.05) is 6.61 Å². The van der Waals surface area contributed by atoms with Gasteiger partial charge in [-0.2, -0.15) is 0 Å². The third kappa shape index (κ3) is 8.59. The first-order valence-electron chi connectivity index (χ1n) is 2.74. The van der Waals surface area contributed by atoms with Gasteiger partial charge >= 0.3 is 7.60 Å². The molecular weight excluding hydrogens is 223 g/mol. The van der Waals surface area contributed by atoms with Gasteiger partial charge in [0.15, 0.2) is 0 Å². The van der Waals surface area contributed by atoms with Crippen LogP contribution >= 0.6 is 23.5 Å². The zero-order valence-electron chi connectivity index (χ0n) is 5.36. The van der Waals surface area contributed by atoms with Gasteiger partial charge in [-0.05, 0) is 6.42 Å². The topological polar surface area (TPSA) is 66.8 Å². The first-order valence-corrected chi connectivity index (χ1v) is 5.66. The minimum atomic E-state index is -3.80. The van der Waals surface area contributed by atoms with E-state index in [-0.39, 0.29) is 6.16 Å². The van der Waals surface area contributed by atoms with Gasteiger partial charge in [-0.1, -0.05) is 15.9 Å². The zero-order valence-corrected chi connectivity index (χ0v) is 7.84. The van der Waals surface area contributed by atoms with Crippen molar-refractivity contribution < 1.29 is 19.1 Å². The maximum Gasteiger partial charge on any atom is 0.325 e. The Balaban J connectivity index is 3.13. The molecule has 0 aromatic heterocycles. The molecule has 2 N–H and O–H groups in total. The van der Waals surface area contributed by atoms with E-state index in [4.69, 9.17) is 14.5 Å². The summed E-state index contributed by atoms with van der Waals surface area (Å²) in [5.41, 5.74) is 0.411. The molecule has 0 radical (unpaired) electrons.